The molecule has 0 bridgehead atoms. The maximum absolute atomic E-state index is 5.50. The van der Waals surface area contributed by atoms with Crippen LogP contribution in [0.4, 0.5) is 11.6 Å². The van der Waals surface area contributed by atoms with Gasteiger partial charge in [0.15, 0.2) is 5.11 Å². The van der Waals surface area contributed by atoms with E-state index in [1.165, 1.54) is 0 Å². The zero-order chi connectivity index (χ0) is 23.6. The Morgan fingerprint density at radius 1 is 0.970 bits per heavy atom. The molecule has 0 unspecified atom stereocenters. The molecule has 0 atom stereocenters. The van der Waals surface area contributed by atoms with Gasteiger partial charge >= 0.3 is 0 Å². The van der Waals surface area contributed by atoms with Crippen molar-refractivity contribution in [2.24, 2.45) is 4.99 Å². The SMILES string of the molecule is CCOc1ccc(NC(=S)NC(=NCc2cccc(OC)c2)Nc2nc(C)cc(C)n2)cc1. The summed E-state index contributed by atoms with van der Waals surface area (Å²) < 4.78 is 10.8. The Kier molecular flexibility index (Phi) is 8.54. The second-order valence-corrected chi connectivity index (χ2v) is 7.56. The fourth-order valence-corrected chi connectivity index (χ4v) is 3.22. The standard InChI is InChI=1S/C24H28N6O2S/c1-5-32-20-11-9-19(10-12-20)28-24(33)30-22(29-23-26-16(2)13-17(3)27-23)25-15-18-7-6-8-21(14-18)31-4/h6-14H,5,15H2,1-4H3,(H3,25,26,27,28,29,30,33). The average Bonchev–Trinajstić information content (AvgIpc) is 2.78. The maximum atomic E-state index is 5.50. The predicted molar refractivity (Wildman–Crippen MR) is 136 cm³/mol. The monoisotopic (exact) mass is 464 g/mol. The van der Waals surface area contributed by atoms with Gasteiger partial charge in [0.25, 0.3) is 0 Å². The number of thiocarbonyl (C=S) groups is 1. The number of ether oxygens (including phenoxy) is 2. The number of anilines is 2. The van der Waals surface area contributed by atoms with Gasteiger partial charge in [-0.15, -0.1) is 0 Å². The number of nitrogens with zero attached hydrogens (tertiary/aromatic N) is 3. The summed E-state index contributed by atoms with van der Waals surface area (Å²) in [6, 6.07) is 17.2. The normalized spacial score (nSPS) is 11.0. The molecule has 0 aliphatic carbocycles. The van der Waals surface area contributed by atoms with Crippen LogP contribution in [-0.2, 0) is 6.54 Å². The average molecular weight is 465 g/mol. The van der Waals surface area contributed by atoms with Crippen LogP contribution in [0.5, 0.6) is 11.5 Å². The number of methoxy groups -OCH3 is 1. The lowest BCUT2D eigenvalue weighted by Gasteiger charge is -2.15. The van der Waals surface area contributed by atoms with E-state index in [1.54, 1.807) is 7.11 Å². The Balaban J connectivity index is 1.75. The summed E-state index contributed by atoms with van der Waals surface area (Å²) in [5.74, 6) is 2.44. The molecular formula is C24H28N6O2S. The van der Waals surface area contributed by atoms with E-state index in [9.17, 15) is 0 Å². The van der Waals surface area contributed by atoms with Gasteiger partial charge < -0.3 is 20.1 Å². The first-order chi connectivity index (χ1) is 15.9. The highest BCUT2D eigenvalue weighted by atomic mass is 32.1. The lowest BCUT2D eigenvalue weighted by atomic mass is 10.2. The summed E-state index contributed by atoms with van der Waals surface area (Å²) in [5.41, 5.74) is 3.52. The van der Waals surface area contributed by atoms with Crippen molar-refractivity contribution in [3.8, 4) is 11.5 Å². The number of benzene rings is 2. The minimum atomic E-state index is 0.375. The molecular weight excluding hydrogens is 436 g/mol. The van der Waals surface area contributed by atoms with Crippen molar-refractivity contribution >= 4 is 34.9 Å². The molecule has 172 valence electrons. The Bertz CT molecular complexity index is 1100. The number of hydrogen-bond acceptors (Lipinski definition) is 6. The van der Waals surface area contributed by atoms with Crippen molar-refractivity contribution in [1.82, 2.24) is 15.3 Å². The summed E-state index contributed by atoms with van der Waals surface area (Å²) in [4.78, 5) is 13.5. The third-order valence-electron chi connectivity index (χ3n) is 4.42. The summed E-state index contributed by atoms with van der Waals surface area (Å²) in [6.07, 6.45) is 0. The van der Waals surface area contributed by atoms with Gasteiger partial charge in [-0.2, -0.15) is 0 Å². The molecule has 0 fully saturated rings. The fourth-order valence-electron chi connectivity index (χ4n) is 3.01. The molecule has 0 aliphatic rings. The van der Waals surface area contributed by atoms with Crippen molar-refractivity contribution in [3.63, 3.8) is 0 Å². The molecule has 1 aromatic heterocycles. The second kappa shape index (κ2) is 11.8. The first kappa shape index (κ1) is 23.9. The smallest absolute Gasteiger partial charge is 0.229 e. The highest BCUT2D eigenvalue weighted by Crippen LogP contribution is 2.16. The molecule has 2 aromatic carbocycles. The van der Waals surface area contributed by atoms with Crippen LogP contribution in [0.15, 0.2) is 59.6 Å². The highest BCUT2D eigenvalue weighted by Gasteiger charge is 2.08. The van der Waals surface area contributed by atoms with Crippen molar-refractivity contribution in [2.75, 3.05) is 24.4 Å². The van der Waals surface area contributed by atoms with Gasteiger partial charge in [0.05, 0.1) is 20.3 Å². The van der Waals surface area contributed by atoms with E-state index >= 15 is 0 Å². The van der Waals surface area contributed by atoms with Crippen LogP contribution in [0.1, 0.15) is 23.9 Å². The highest BCUT2D eigenvalue weighted by molar-refractivity contribution is 7.80. The first-order valence-electron chi connectivity index (χ1n) is 10.5. The van der Waals surface area contributed by atoms with Gasteiger partial charge in [-0.1, -0.05) is 12.1 Å². The Morgan fingerprint density at radius 3 is 2.36 bits per heavy atom. The second-order valence-electron chi connectivity index (χ2n) is 7.15. The molecule has 0 saturated heterocycles. The quantitative estimate of drug-likeness (QED) is 0.268. The molecule has 0 radical (unpaired) electrons. The summed E-state index contributed by atoms with van der Waals surface area (Å²) in [6.45, 7) is 6.80. The van der Waals surface area contributed by atoms with Crippen LogP contribution in [0, 0.1) is 13.8 Å². The zero-order valence-electron chi connectivity index (χ0n) is 19.2. The Labute approximate surface area is 199 Å². The van der Waals surface area contributed by atoms with Crippen LogP contribution in [0.25, 0.3) is 0 Å². The number of hydrogen-bond donors (Lipinski definition) is 3. The molecule has 9 heteroatoms. The number of guanidine groups is 1. The van der Waals surface area contributed by atoms with E-state index in [2.05, 4.69) is 30.9 Å². The van der Waals surface area contributed by atoms with Crippen molar-refractivity contribution in [3.05, 3.63) is 71.5 Å². The number of rotatable bonds is 7. The van der Waals surface area contributed by atoms with E-state index < -0.39 is 0 Å². The summed E-state index contributed by atoms with van der Waals surface area (Å²) >= 11 is 5.50. The maximum Gasteiger partial charge on any atom is 0.229 e. The van der Waals surface area contributed by atoms with Crippen LogP contribution < -0.4 is 25.4 Å². The van der Waals surface area contributed by atoms with Gasteiger partial charge in [-0.25, -0.2) is 15.0 Å². The Hall–Kier alpha value is -3.72. The summed E-state index contributed by atoms with van der Waals surface area (Å²) in [7, 11) is 1.64. The fraction of sp³-hybridized carbons (Fsp3) is 0.250. The van der Waals surface area contributed by atoms with Crippen LogP contribution >= 0.6 is 12.2 Å². The third kappa shape index (κ3) is 7.73. The molecule has 0 saturated carbocycles. The number of aromatic nitrogens is 2. The molecule has 3 aromatic rings. The molecule has 0 aliphatic heterocycles. The predicted octanol–water partition coefficient (Wildman–Crippen LogP) is 4.46. The molecule has 0 spiro atoms. The lowest BCUT2D eigenvalue weighted by molar-refractivity contribution is 0.340. The van der Waals surface area contributed by atoms with Crippen LogP contribution in [0.2, 0.25) is 0 Å². The molecule has 1 heterocycles. The molecule has 33 heavy (non-hydrogen) atoms. The van der Waals surface area contributed by atoms with E-state index in [1.807, 2.05) is 75.4 Å². The van der Waals surface area contributed by atoms with Gasteiger partial charge in [0, 0.05) is 17.1 Å². The minimum absolute atomic E-state index is 0.375. The lowest BCUT2D eigenvalue weighted by Crippen LogP contribution is -2.39. The van der Waals surface area contributed by atoms with E-state index in [0.29, 0.717) is 30.2 Å². The first-order valence-corrected chi connectivity index (χ1v) is 10.9. The van der Waals surface area contributed by atoms with Gasteiger partial charge in [-0.3, -0.25) is 5.32 Å². The number of aryl methyl sites for hydroxylation is 2. The summed E-state index contributed by atoms with van der Waals surface area (Å²) in [5, 5.41) is 9.77. The third-order valence-corrected chi connectivity index (χ3v) is 4.63. The van der Waals surface area contributed by atoms with Crippen molar-refractivity contribution in [1.29, 1.82) is 0 Å². The Morgan fingerprint density at radius 2 is 1.70 bits per heavy atom. The van der Waals surface area contributed by atoms with Gasteiger partial charge in [0.1, 0.15) is 11.5 Å². The van der Waals surface area contributed by atoms with E-state index in [0.717, 1.165) is 34.1 Å². The minimum Gasteiger partial charge on any atom is -0.497 e. The van der Waals surface area contributed by atoms with Gasteiger partial charge in [0.2, 0.25) is 11.9 Å². The largest absolute Gasteiger partial charge is 0.497 e. The molecule has 3 rings (SSSR count). The molecule has 0 amide bonds. The van der Waals surface area contributed by atoms with E-state index in [4.69, 9.17) is 21.7 Å². The van der Waals surface area contributed by atoms with Gasteiger partial charge in [-0.05, 0) is 81.0 Å². The van der Waals surface area contributed by atoms with Crippen molar-refractivity contribution < 1.29 is 9.47 Å². The van der Waals surface area contributed by atoms with Crippen molar-refractivity contribution in [2.45, 2.75) is 27.3 Å². The van der Waals surface area contributed by atoms with Crippen LogP contribution in [-0.4, -0.2) is 34.8 Å². The van der Waals surface area contributed by atoms with Crippen LogP contribution in [0.3, 0.4) is 0 Å². The number of aliphatic imine (C=N–C) groups is 1. The zero-order valence-corrected chi connectivity index (χ0v) is 20.0. The topological polar surface area (TPSA) is 92.7 Å². The molecule has 3 N–H and O–H groups in total. The van der Waals surface area contributed by atoms with E-state index in [-0.39, 0.29) is 0 Å². The molecule has 8 nitrogen and oxygen atoms in total. The number of nitrogens with one attached hydrogen (secondary N) is 3.